The van der Waals surface area contributed by atoms with E-state index in [1.807, 2.05) is 6.20 Å². The van der Waals surface area contributed by atoms with E-state index in [4.69, 9.17) is 5.73 Å². The third-order valence-corrected chi connectivity index (χ3v) is 5.74. The number of aromatic nitrogens is 2. The molecule has 0 unspecified atom stereocenters. The van der Waals surface area contributed by atoms with Gasteiger partial charge in [0, 0.05) is 17.0 Å². The van der Waals surface area contributed by atoms with Crippen LogP contribution in [0.4, 0.5) is 5.82 Å². The molecule has 0 aliphatic heterocycles. The third-order valence-electron chi connectivity index (χ3n) is 5.74. The fourth-order valence-corrected chi connectivity index (χ4v) is 4.27. The van der Waals surface area contributed by atoms with Crippen LogP contribution in [0.15, 0.2) is 48.7 Å². The summed E-state index contributed by atoms with van der Waals surface area (Å²) < 4.78 is 0. The summed E-state index contributed by atoms with van der Waals surface area (Å²) in [6.45, 7) is 2.08. The molecular formula is C24H23N3. The minimum atomic E-state index is 0.508. The molecule has 2 heterocycles. The predicted molar refractivity (Wildman–Crippen MR) is 112 cm³/mol. The van der Waals surface area contributed by atoms with Crippen molar-refractivity contribution in [2.24, 2.45) is 0 Å². The molecule has 0 fully saturated rings. The van der Waals surface area contributed by atoms with Crippen molar-refractivity contribution in [1.29, 1.82) is 0 Å². The summed E-state index contributed by atoms with van der Waals surface area (Å²) in [6.07, 6.45) is 7.75. The van der Waals surface area contributed by atoms with Crippen molar-refractivity contribution in [3.8, 4) is 0 Å². The van der Waals surface area contributed by atoms with Crippen LogP contribution in [-0.4, -0.2) is 9.97 Å². The number of anilines is 1. The fourth-order valence-electron chi connectivity index (χ4n) is 4.27. The van der Waals surface area contributed by atoms with Gasteiger partial charge in [0.1, 0.15) is 5.52 Å². The zero-order valence-electron chi connectivity index (χ0n) is 15.6. The Morgan fingerprint density at radius 1 is 0.889 bits per heavy atom. The van der Waals surface area contributed by atoms with Crippen molar-refractivity contribution in [3.63, 3.8) is 0 Å². The lowest BCUT2D eigenvalue weighted by Crippen LogP contribution is -1.98. The number of rotatable bonds is 3. The van der Waals surface area contributed by atoms with Gasteiger partial charge in [-0.1, -0.05) is 30.3 Å². The first-order chi connectivity index (χ1) is 13.2. The molecule has 0 amide bonds. The van der Waals surface area contributed by atoms with Crippen molar-refractivity contribution in [1.82, 2.24) is 9.97 Å². The molecule has 3 heteroatoms. The maximum atomic E-state index is 6.17. The number of nitrogens with zero attached hydrogens (tertiary/aromatic N) is 2. The zero-order valence-corrected chi connectivity index (χ0v) is 15.6. The van der Waals surface area contributed by atoms with E-state index in [1.54, 1.807) is 5.56 Å². The van der Waals surface area contributed by atoms with Crippen molar-refractivity contribution in [3.05, 3.63) is 76.5 Å². The van der Waals surface area contributed by atoms with Crippen LogP contribution in [0.5, 0.6) is 0 Å². The molecule has 0 atom stereocenters. The van der Waals surface area contributed by atoms with E-state index < -0.39 is 0 Å². The number of aryl methyl sites for hydroxylation is 5. The number of benzene rings is 2. The maximum absolute atomic E-state index is 6.17. The Kier molecular flexibility index (Phi) is 3.82. The summed E-state index contributed by atoms with van der Waals surface area (Å²) in [7, 11) is 0. The second kappa shape index (κ2) is 6.34. The summed E-state index contributed by atoms with van der Waals surface area (Å²) in [4.78, 5) is 9.17. The van der Waals surface area contributed by atoms with Crippen molar-refractivity contribution in [2.45, 2.75) is 39.0 Å². The normalized spacial score (nSPS) is 13.4. The van der Waals surface area contributed by atoms with Crippen LogP contribution in [0, 0.1) is 6.92 Å². The maximum Gasteiger partial charge on any atom is 0.150 e. The zero-order chi connectivity index (χ0) is 18.4. The van der Waals surface area contributed by atoms with Gasteiger partial charge < -0.3 is 5.73 Å². The second-order valence-corrected chi connectivity index (χ2v) is 7.71. The lowest BCUT2D eigenvalue weighted by atomic mass is 10.00. The van der Waals surface area contributed by atoms with Gasteiger partial charge in [0.15, 0.2) is 5.82 Å². The lowest BCUT2D eigenvalue weighted by Gasteiger charge is -2.09. The largest absolute Gasteiger partial charge is 0.382 e. The SMILES string of the molecule is Cc1ccc2c(c1)nc(N)c1ncc(CCc3ccc4c(c3)CCC4)cc12. The number of fused-ring (bicyclic) bond motifs is 4. The summed E-state index contributed by atoms with van der Waals surface area (Å²) in [5.74, 6) is 0.508. The van der Waals surface area contributed by atoms with Gasteiger partial charge in [-0.2, -0.15) is 0 Å². The number of hydrogen-bond donors (Lipinski definition) is 1. The fraction of sp³-hybridized carbons (Fsp3) is 0.250. The summed E-state index contributed by atoms with van der Waals surface area (Å²) in [5, 5.41) is 2.22. The van der Waals surface area contributed by atoms with Crippen molar-refractivity contribution in [2.75, 3.05) is 5.73 Å². The van der Waals surface area contributed by atoms with Crippen molar-refractivity contribution >= 4 is 27.6 Å². The summed E-state index contributed by atoms with van der Waals surface area (Å²) in [5.41, 5.74) is 14.8. The topological polar surface area (TPSA) is 51.8 Å². The molecule has 2 aromatic carbocycles. The Bertz CT molecular complexity index is 1180. The minimum Gasteiger partial charge on any atom is -0.382 e. The first-order valence-electron chi connectivity index (χ1n) is 9.72. The van der Waals surface area contributed by atoms with E-state index in [-0.39, 0.29) is 0 Å². The van der Waals surface area contributed by atoms with Gasteiger partial charge in [0.2, 0.25) is 0 Å². The molecule has 1 aliphatic rings. The van der Waals surface area contributed by atoms with Crippen LogP contribution in [0.2, 0.25) is 0 Å². The Morgan fingerprint density at radius 2 is 1.74 bits per heavy atom. The van der Waals surface area contributed by atoms with Gasteiger partial charge in [-0.15, -0.1) is 0 Å². The molecular weight excluding hydrogens is 330 g/mol. The molecule has 0 spiro atoms. The summed E-state index contributed by atoms with van der Waals surface area (Å²) in [6, 6.07) is 15.6. The third kappa shape index (κ3) is 2.93. The van der Waals surface area contributed by atoms with Crippen LogP contribution in [0.1, 0.15) is 34.2 Å². The molecule has 5 rings (SSSR count). The molecule has 0 radical (unpaired) electrons. The Morgan fingerprint density at radius 3 is 2.67 bits per heavy atom. The molecule has 2 aromatic heterocycles. The Balaban J connectivity index is 1.49. The van der Waals surface area contributed by atoms with E-state index >= 15 is 0 Å². The van der Waals surface area contributed by atoms with Crippen LogP contribution in [-0.2, 0) is 25.7 Å². The molecule has 0 bridgehead atoms. The van der Waals surface area contributed by atoms with E-state index in [2.05, 4.69) is 59.4 Å². The van der Waals surface area contributed by atoms with Crippen LogP contribution in [0.3, 0.4) is 0 Å². The highest BCUT2D eigenvalue weighted by Crippen LogP contribution is 2.28. The van der Waals surface area contributed by atoms with Gasteiger partial charge in [-0.25, -0.2) is 4.98 Å². The van der Waals surface area contributed by atoms with Gasteiger partial charge in [-0.3, -0.25) is 4.98 Å². The highest BCUT2D eigenvalue weighted by atomic mass is 14.9. The van der Waals surface area contributed by atoms with E-state index in [0.717, 1.165) is 34.6 Å². The number of nitrogen functional groups attached to an aromatic ring is 1. The first-order valence-corrected chi connectivity index (χ1v) is 9.72. The Hall–Kier alpha value is -2.94. The standard InChI is InChI=1S/C24H23N3/c1-15-5-10-20-21-13-17(14-26-23(21)24(25)27-22(20)11-15)7-6-16-8-9-18-3-2-4-19(18)12-16/h5,8-14H,2-4,6-7H2,1H3,(H2,25,27). The average Bonchev–Trinajstić information content (AvgIpc) is 3.14. The molecule has 1 aliphatic carbocycles. The van der Waals surface area contributed by atoms with Gasteiger partial charge >= 0.3 is 0 Å². The monoisotopic (exact) mass is 353 g/mol. The number of hydrogen-bond acceptors (Lipinski definition) is 3. The van der Waals surface area contributed by atoms with Gasteiger partial charge in [0.25, 0.3) is 0 Å². The molecule has 27 heavy (non-hydrogen) atoms. The Labute approximate surface area is 159 Å². The van der Waals surface area contributed by atoms with Crippen LogP contribution < -0.4 is 5.73 Å². The van der Waals surface area contributed by atoms with E-state index in [0.29, 0.717) is 5.82 Å². The minimum absolute atomic E-state index is 0.508. The van der Waals surface area contributed by atoms with Crippen LogP contribution >= 0.6 is 0 Å². The second-order valence-electron chi connectivity index (χ2n) is 7.71. The molecule has 0 saturated carbocycles. The highest BCUT2D eigenvalue weighted by Gasteiger charge is 2.12. The molecule has 3 nitrogen and oxygen atoms in total. The van der Waals surface area contributed by atoms with E-state index in [1.165, 1.54) is 41.5 Å². The van der Waals surface area contributed by atoms with Crippen molar-refractivity contribution < 1.29 is 0 Å². The first kappa shape index (κ1) is 16.2. The average molecular weight is 353 g/mol. The molecule has 134 valence electrons. The smallest absolute Gasteiger partial charge is 0.150 e. The van der Waals surface area contributed by atoms with E-state index in [9.17, 15) is 0 Å². The molecule has 4 aromatic rings. The number of nitrogens with two attached hydrogens (primary N) is 1. The quantitative estimate of drug-likeness (QED) is 0.530. The van der Waals surface area contributed by atoms with Gasteiger partial charge in [-0.05, 0) is 79.0 Å². The predicted octanol–water partition coefficient (Wildman–Crippen LogP) is 4.95. The summed E-state index contributed by atoms with van der Waals surface area (Å²) >= 11 is 0. The lowest BCUT2D eigenvalue weighted by molar-refractivity contribution is 0.910. The number of pyridine rings is 2. The van der Waals surface area contributed by atoms with Gasteiger partial charge in [0.05, 0.1) is 5.52 Å². The van der Waals surface area contributed by atoms with Crippen LogP contribution in [0.25, 0.3) is 21.8 Å². The molecule has 2 N–H and O–H groups in total. The molecule has 0 saturated heterocycles. The highest BCUT2D eigenvalue weighted by molar-refractivity contribution is 6.08.